The Morgan fingerprint density at radius 3 is 2.31 bits per heavy atom. The fraction of sp³-hybridized carbons (Fsp3) is 0.459. The smallest absolute Gasteiger partial charge is 0.248 e. The Morgan fingerprint density at radius 1 is 1.04 bits per heavy atom. The number of aromatic nitrogens is 3. The van der Waals surface area contributed by atoms with E-state index in [0.717, 1.165) is 18.4 Å². The standard InChI is InChI=1S/C37H46F2N4O4Si/c1-22-27(26-18-24(34(40)44)19-29(45-7)33(26)43-42-22)21-37(16-10-11-17-46-37)30-20-28(36(5,6)47-48(8,9)35(2,3)4)31(39)32(41-30)23-12-14-25(38)15-13-23/h12-15,18-20H,10-11,16-17,21H2,1-9H3,(H2,40,44). The summed E-state index contributed by atoms with van der Waals surface area (Å²) in [6.07, 6.45) is 2.60. The van der Waals surface area contributed by atoms with Crippen molar-refractivity contribution in [3.05, 3.63) is 82.2 Å². The molecule has 2 aromatic carbocycles. The molecular weight excluding hydrogens is 631 g/mol. The molecule has 1 saturated heterocycles. The number of pyridine rings is 1. The van der Waals surface area contributed by atoms with Gasteiger partial charge in [0.25, 0.3) is 0 Å². The molecule has 3 heterocycles. The van der Waals surface area contributed by atoms with Gasteiger partial charge in [0.2, 0.25) is 5.91 Å². The van der Waals surface area contributed by atoms with Crippen molar-refractivity contribution in [2.45, 2.75) is 96.6 Å². The molecule has 256 valence electrons. The van der Waals surface area contributed by atoms with Crippen LogP contribution >= 0.6 is 0 Å². The van der Waals surface area contributed by atoms with Gasteiger partial charge in [0.1, 0.15) is 28.4 Å². The summed E-state index contributed by atoms with van der Waals surface area (Å²) in [5, 5.41) is 9.39. The number of nitrogens with two attached hydrogens (primary N) is 1. The molecule has 1 atom stereocenters. The monoisotopic (exact) mass is 676 g/mol. The van der Waals surface area contributed by atoms with Gasteiger partial charge in [0, 0.05) is 35.1 Å². The van der Waals surface area contributed by atoms with Gasteiger partial charge in [0.05, 0.1) is 24.1 Å². The predicted octanol–water partition coefficient (Wildman–Crippen LogP) is 8.28. The van der Waals surface area contributed by atoms with Crippen molar-refractivity contribution < 1.29 is 27.5 Å². The topological polar surface area (TPSA) is 109 Å². The summed E-state index contributed by atoms with van der Waals surface area (Å²) in [6, 6.07) is 10.7. The van der Waals surface area contributed by atoms with Crippen molar-refractivity contribution >= 4 is 25.1 Å². The van der Waals surface area contributed by atoms with Gasteiger partial charge in [-0.05, 0) is 106 Å². The summed E-state index contributed by atoms with van der Waals surface area (Å²) in [6.45, 7) is 16.8. The molecule has 11 heteroatoms. The summed E-state index contributed by atoms with van der Waals surface area (Å²) < 4.78 is 50.1. The zero-order valence-electron chi connectivity index (χ0n) is 29.4. The van der Waals surface area contributed by atoms with Gasteiger partial charge in [-0.2, -0.15) is 5.10 Å². The van der Waals surface area contributed by atoms with Crippen LogP contribution in [0.1, 0.15) is 86.8 Å². The first-order chi connectivity index (χ1) is 22.4. The van der Waals surface area contributed by atoms with Crippen LogP contribution in [0.2, 0.25) is 18.1 Å². The summed E-state index contributed by atoms with van der Waals surface area (Å²) >= 11 is 0. The van der Waals surface area contributed by atoms with Crippen molar-refractivity contribution in [3.63, 3.8) is 0 Å². The number of carbonyl (C=O) groups excluding carboxylic acids is 1. The zero-order valence-corrected chi connectivity index (χ0v) is 30.4. The van der Waals surface area contributed by atoms with Crippen molar-refractivity contribution in [1.29, 1.82) is 0 Å². The number of rotatable bonds is 9. The molecule has 0 aliphatic carbocycles. The Morgan fingerprint density at radius 2 is 1.73 bits per heavy atom. The van der Waals surface area contributed by atoms with E-state index in [1.54, 1.807) is 18.2 Å². The highest BCUT2D eigenvalue weighted by Gasteiger charge is 2.45. The number of hydrogen-bond donors (Lipinski definition) is 1. The Balaban J connectivity index is 1.77. The second-order valence-electron chi connectivity index (χ2n) is 14.8. The summed E-state index contributed by atoms with van der Waals surface area (Å²) in [5.74, 6) is -1.18. The van der Waals surface area contributed by atoms with Crippen LogP contribution in [0.4, 0.5) is 8.78 Å². The van der Waals surface area contributed by atoms with Crippen LogP contribution in [0.15, 0.2) is 42.5 Å². The molecule has 0 spiro atoms. The molecule has 4 aromatic rings. The minimum absolute atomic E-state index is 0.0927. The number of benzene rings is 2. The van der Waals surface area contributed by atoms with Gasteiger partial charge in [-0.1, -0.05) is 20.8 Å². The first-order valence-corrected chi connectivity index (χ1v) is 19.3. The molecule has 2 aromatic heterocycles. The summed E-state index contributed by atoms with van der Waals surface area (Å²) in [7, 11) is -0.880. The fourth-order valence-electron chi connectivity index (χ4n) is 6.26. The molecular formula is C37H46F2N4O4Si. The highest BCUT2D eigenvalue weighted by atomic mass is 28.4. The Kier molecular flexibility index (Phi) is 9.55. The number of hydrogen-bond acceptors (Lipinski definition) is 7. The maximum Gasteiger partial charge on any atom is 0.248 e. The van der Waals surface area contributed by atoms with E-state index in [2.05, 4.69) is 44.1 Å². The normalized spacial score (nSPS) is 17.5. The third-order valence-electron chi connectivity index (χ3n) is 9.96. The minimum atomic E-state index is -2.38. The molecule has 1 aliphatic rings. The number of ether oxygens (including phenoxy) is 2. The summed E-state index contributed by atoms with van der Waals surface area (Å²) in [5.41, 5.74) is 7.26. The van der Waals surface area contributed by atoms with E-state index < -0.39 is 37.1 Å². The van der Waals surface area contributed by atoms with Crippen LogP contribution in [-0.2, 0) is 26.8 Å². The lowest BCUT2D eigenvalue weighted by Crippen LogP contribution is -2.47. The molecule has 0 bridgehead atoms. The Bertz CT molecular complexity index is 1850. The molecule has 2 N–H and O–H groups in total. The molecule has 1 amide bonds. The van der Waals surface area contributed by atoms with E-state index in [9.17, 15) is 9.18 Å². The van der Waals surface area contributed by atoms with E-state index >= 15 is 4.39 Å². The third kappa shape index (κ3) is 6.72. The van der Waals surface area contributed by atoms with E-state index in [1.165, 1.54) is 31.4 Å². The highest BCUT2D eigenvalue weighted by molar-refractivity contribution is 6.74. The number of aryl methyl sites for hydroxylation is 1. The maximum absolute atomic E-state index is 16.9. The van der Waals surface area contributed by atoms with Crippen LogP contribution in [-0.4, -0.2) is 43.1 Å². The van der Waals surface area contributed by atoms with Crippen molar-refractivity contribution in [1.82, 2.24) is 15.2 Å². The van der Waals surface area contributed by atoms with Crippen LogP contribution in [0, 0.1) is 18.6 Å². The molecule has 8 nitrogen and oxygen atoms in total. The summed E-state index contributed by atoms with van der Waals surface area (Å²) in [4.78, 5) is 17.3. The lowest BCUT2D eigenvalue weighted by Gasteiger charge is -2.44. The third-order valence-corrected chi connectivity index (χ3v) is 14.6. The van der Waals surface area contributed by atoms with E-state index in [0.29, 0.717) is 58.6 Å². The fourth-order valence-corrected chi connectivity index (χ4v) is 7.95. The number of fused-ring (bicyclic) bond motifs is 1. The van der Waals surface area contributed by atoms with E-state index in [-0.39, 0.29) is 16.3 Å². The van der Waals surface area contributed by atoms with Crippen molar-refractivity contribution in [2.24, 2.45) is 5.73 Å². The number of carbonyl (C=O) groups is 1. The van der Waals surface area contributed by atoms with Crippen LogP contribution in [0.25, 0.3) is 22.2 Å². The molecule has 1 aliphatic heterocycles. The zero-order chi connectivity index (χ0) is 35.2. The maximum atomic E-state index is 16.9. The van der Waals surface area contributed by atoms with Gasteiger partial charge >= 0.3 is 0 Å². The second-order valence-corrected chi connectivity index (χ2v) is 19.5. The number of amides is 1. The Hall–Kier alpha value is -3.80. The van der Waals surface area contributed by atoms with Gasteiger partial charge < -0.3 is 19.6 Å². The Labute approximate surface area is 282 Å². The van der Waals surface area contributed by atoms with Crippen molar-refractivity contribution in [2.75, 3.05) is 13.7 Å². The lowest BCUT2D eigenvalue weighted by atomic mass is 9.81. The van der Waals surface area contributed by atoms with Crippen LogP contribution in [0.5, 0.6) is 5.75 Å². The largest absolute Gasteiger partial charge is 0.494 e. The molecule has 1 fully saturated rings. The van der Waals surface area contributed by atoms with Crippen LogP contribution in [0.3, 0.4) is 0 Å². The van der Waals surface area contributed by atoms with Gasteiger partial charge in [-0.15, -0.1) is 5.10 Å². The molecule has 5 rings (SSSR count). The average Bonchev–Trinajstić information content (AvgIpc) is 3.01. The van der Waals surface area contributed by atoms with Crippen molar-refractivity contribution in [3.8, 4) is 17.0 Å². The van der Waals surface area contributed by atoms with Gasteiger partial charge in [-0.3, -0.25) is 4.79 Å². The lowest BCUT2D eigenvalue weighted by molar-refractivity contribution is -0.0866. The SMILES string of the molecule is COc1cc(C(N)=O)cc2c(CC3(c4cc(C(C)(C)O[Si](C)(C)C(C)(C)C)c(F)c(-c5ccc(F)cc5)n4)CCCCO3)c(C)nnc12. The molecule has 0 saturated carbocycles. The number of nitrogens with zero attached hydrogens (tertiary/aromatic N) is 3. The first kappa shape index (κ1) is 35.5. The predicted molar refractivity (Wildman–Crippen MR) is 185 cm³/mol. The minimum Gasteiger partial charge on any atom is -0.494 e. The van der Waals surface area contributed by atoms with Gasteiger partial charge in [0.15, 0.2) is 14.1 Å². The quantitative estimate of drug-likeness (QED) is 0.178. The van der Waals surface area contributed by atoms with Gasteiger partial charge in [-0.25, -0.2) is 13.8 Å². The van der Waals surface area contributed by atoms with Crippen LogP contribution < -0.4 is 10.5 Å². The molecule has 0 radical (unpaired) electrons. The first-order valence-electron chi connectivity index (χ1n) is 16.3. The number of methoxy groups -OCH3 is 1. The van der Waals surface area contributed by atoms with E-state index in [4.69, 9.17) is 24.6 Å². The number of halogens is 2. The molecule has 1 unspecified atom stereocenters. The van der Waals surface area contributed by atoms with E-state index in [1.807, 2.05) is 20.8 Å². The highest BCUT2D eigenvalue weighted by Crippen LogP contribution is 2.46. The average molecular weight is 677 g/mol. The second kappa shape index (κ2) is 12.9. The molecule has 48 heavy (non-hydrogen) atoms. The number of primary amides is 1.